The summed E-state index contributed by atoms with van der Waals surface area (Å²) in [6.45, 7) is 1.75. The van der Waals surface area contributed by atoms with Crippen molar-refractivity contribution in [1.29, 1.82) is 0 Å². The SMILES string of the molecule is CCC(=O)NC(=S)Nc1ccc(NC(=O)c2cc(Br)ccc2OC)cc1. The second kappa shape index (κ2) is 9.30. The van der Waals surface area contributed by atoms with Gasteiger partial charge in [0.1, 0.15) is 5.75 Å². The number of carbonyl (C=O) groups is 2. The highest BCUT2D eigenvalue weighted by Gasteiger charge is 2.13. The number of hydrogen-bond donors (Lipinski definition) is 3. The fraction of sp³-hybridized carbons (Fsp3) is 0.167. The Bertz CT molecular complexity index is 825. The van der Waals surface area contributed by atoms with Crippen LogP contribution in [0.25, 0.3) is 0 Å². The van der Waals surface area contributed by atoms with Gasteiger partial charge >= 0.3 is 0 Å². The number of ether oxygens (including phenoxy) is 1. The lowest BCUT2D eigenvalue weighted by Gasteiger charge is -2.11. The molecule has 0 fully saturated rings. The first-order valence-corrected chi connectivity index (χ1v) is 8.99. The van der Waals surface area contributed by atoms with E-state index < -0.39 is 0 Å². The van der Waals surface area contributed by atoms with Gasteiger partial charge in [0.25, 0.3) is 5.91 Å². The summed E-state index contributed by atoms with van der Waals surface area (Å²) in [5.41, 5.74) is 1.74. The molecule has 8 heteroatoms. The molecule has 0 bridgehead atoms. The first-order chi connectivity index (χ1) is 12.4. The number of methoxy groups -OCH3 is 1. The highest BCUT2D eigenvalue weighted by molar-refractivity contribution is 9.10. The van der Waals surface area contributed by atoms with Gasteiger partial charge < -0.3 is 20.7 Å². The summed E-state index contributed by atoms with van der Waals surface area (Å²) >= 11 is 8.40. The Hall–Kier alpha value is -2.45. The Morgan fingerprint density at radius 3 is 2.27 bits per heavy atom. The van der Waals surface area contributed by atoms with Gasteiger partial charge in [0.05, 0.1) is 12.7 Å². The highest BCUT2D eigenvalue weighted by atomic mass is 79.9. The number of thiocarbonyl (C=S) groups is 1. The first kappa shape index (κ1) is 19.9. The van der Waals surface area contributed by atoms with Crippen LogP contribution in [0.15, 0.2) is 46.9 Å². The van der Waals surface area contributed by atoms with Gasteiger partial charge in [0, 0.05) is 22.3 Å². The summed E-state index contributed by atoms with van der Waals surface area (Å²) in [5, 5.41) is 8.50. The fourth-order valence-electron chi connectivity index (χ4n) is 2.07. The van der Waals surface area contributed by atoms with Crippen molar-refractivity contribution in [2.75, 3.05) is 17.7 Å². The molecule has 0 unspecified atom stereocenters. The average molecular weight is 436 g/mol. The molecule has 2 aromatic carbocycles. The summed E-state index contributed by atoms with van der Waals surface area (Å²) < 4.78 is 6.01. The van der Waals surface area contributed by atoms with Gasteiger partial charge in [-0.1, -0.05) is 22.9 Å². The summed E-state index contributed by atoms with van der Waals surface area (Å²) in [5.74, 6) is 0.0462. The molecule has 2 rings (SSSR count). The molecule has 0 aromatic heterocycles. The Balaban J connectivity index is 2.03. The Kier molecular flexibility index (Phi) is 7.11. The van der Waals surface area contributed by atoms with Crippen LogP contribution in [0.5, 0.6) is 5.75 Å². The predicted molar refractivity (Wildman–Crippen MR) is 110 cm³/mol. The number of nitrogens with one attached hydrogen (secondary N) is 3. The van der Waals surface area contributed by atoms with Gasteiger partial charge in [-0.3, -0.25) is 9.59 Å². The number of benzene rings is 2. The number of anilines is 2. The zero-order valence-electron chi connectivity index (χ0n) is 14.3. The minimum atomic E-state index is -0.283. The summed E-state index contributed by atoms with van der Waals surface area (Å²) in [6.07, 6.45) is 0.353. The topological polar surface area (TPSA) is 79.5 Å². The van der Waals surface area contributed by atoms with E-state index in [2.05, 4.69) is 31.9 Å². The van der Waals surface area contributed by atoms with Crippen LogP contribution in [0.1, 0.15) is 23.7 Å². The van der Waals surface area contributed by atoms with Gasteiger partial charge in [0.15, 0.2) is 5.11 Å². The molecule has 0 aliphatic carbocycles. The standard InChI is InChI=1S/C18H18BrN3O3S/c1-3-16(23)22-18(26)21-13-7-5-12(6-8-13)20-17(24)14-10-11(19)4-9-15(14)25-2/h4-10H,3H2,1-2H3,(H,20,24)(H2,21,22,23,26). The number of rotatable bonds is 5. The molecule has 2 aromatic rings. The zero-order chi connectivity index (χ0) is 19.1. The molecule has 0 saturated heterocycles. The van der Waals surface area contributed by atoms with Crippen molar-refractivity contribution >= 4 is 56.4 Å². The molecule has 136 valence electrons. The highest BCUT2D eigenvalue weighted by Crippen LogP contribution is 2.24. The molecular formula is C18H18BrN3O3S. The lowest BCUT2D eigenvalue weighted by molar-refractivity contribution is -0.119. The van der Waals surface area contributed by atoms with Crippen LogP contribution < -0.4 is 20.7 Å². The second-order valence-corrected chi connectivity index (χ2v) is 6.56. The minimum absolute atomic E-state index is 0.158. The van der Waals surface area contributed by atoms with E-state index in [-0.39, 0.29) is 16.9 Å². The third-order valence-electron chi connectivity index (χ3n) is 3.38. The molecule has 2 amide bonds. The predicted octanol–water partition coefficient (Wildman–Crippen LogP) is 3.93. The van der Waals surface area contributed by atoms with E-state index in [0.29, 0.717) is 29.1 Å². The maximum atomic E-state index is 12.5. The monoisotopic (exact) mass is 435 g/mol. The number of hydrogen-bond acceptors (Lipinski definition) is 4. The number of amides is 2. The molecule has 0 aliphatic rings. The van der Waals surface area contributed by atoms with E-state index in [1.165, 1.54) is 7.11 Å². The van der Waals surface area contributed by atoms with Crippen molar-refractivity contribution in [2.24, 2.45) is 0 Å². The molecule has 0 heterocycles. The maximum Gasteiger partial charge on any atom is 0.259 e. The normalized spacial score (nSPS) is 9.96. The minimum Gasteiger partial charge on any atom is -0.496 e. The van der Waals surface area contributed by atoms with Crippen molar-refractivity contribution in [3.63, 3.8) is 0 Å². The summed E-state index contributed by atoms with van der Waals surface area (Å²) in [7, 11) is 1.51. The van der Waals surface area contributed by atoms with Crippen LogP contribution in [-0.2, 0) is 4.79 Å². The van der Waals surface area contributed by atoms with Crippen LogP contribution in [0.4, 0.5) is 11.4 Å². The Labute approximate surface area is 165 Å². The van der Waals surface area contributed by atoms with Crippen molar-refractivity contribution in [1.82, 2.24) is 5.32 Å². The van der Waals surface area contributed by atoms with E-state index in [0.717, 1.165) is 4.47 Å². The lowest BCUT2D eigenvalue weighted by Crippen LogP contribution is -2.33. The maximum absolute atomic E-state index is 12.5. The summed E-state index contributed by atoms with van der Waals surface area (Å²) in [6, 6.07) is 12.2. The van der Waals surface area contributed by atoms with E-state index in [1.54, 1.807) is 49.4 Å². The Morgan fingerprint density at radius 2 is 1.69 bits per heavy atom. The number of carbonyl (C=O) groups excluding carboxylic acids is 2. The van der Waals surface area contributed by atoms with Gasteiger partial charge in [-0.25, -0.2) is 0 Å². The van der Waals surface area contributed by atoms with Gasteiger partial charge in [-0.05, 0) is 54.7 Å². The molecule has 6 nitrogen and oxygen atoms in total. The average Bonchev–Trinajstić information content (AvgIpc) is 2.63. The van der Waals surface area contributed by atoms with E-state index in [9.17, 15) is 9.59 Å². The number of halogens is 1. The molecule has 0 atom stereocenters. The molecule has 0 saturated carbocycles. The zero-order valence-corrected chi connectivity index (χ0v) is 16.7. The van der Waals surface area contributed by atoms with Crippen molar-refractivity contribution in [3.05, 3.63) is 52.5 Å². The van der Waals surface area contributed by atoms with Crippen molar-refractivity contribution in [2.45, 2.75) is 13.3 Å². The Morgan fingerprint density at radius 1 is 1.08 bits per heavy atom. The van der Waals surface area contributed by atoms with E-state index in [1.807, 2.05) is 0 Å². The molecule has 0 aliphatic heterocycles. The van der Waals surface area contributed by atoms with Crippen molar-refractivity contribution in [3.8, 4) is 5.75 Å². The van der Waals surface area contributed by atoms with Gasteiger partial charge in [0.2, 0.25) is 5.91 Å². The van der Waals surface area contributed by atoms with Crippen LogP contribution in [-0.4, -0.2) is 24.0 Å². The first-order valence-electron chi connectivity index (χ1n) is 7.78. The van der Waals surface area contributed by atoms with Crippen LogP contribution in [0, 0.1) is 0 Å². The molecule has 0 radical (unpaired) electrons. The second-order valence-electron chi connectivity index (χ2n) is 5.23. The fourth-order valence-corrected chi connectivity index (χ4v) is 2.66. The third kappa shape index (κ3) is 5.53. The van der Waals surface area contributed by atoms with E-state index in [4.69, 9.17) is 17.0 Å². The quantitative estimate of drug-likeness (QED) is 0.619. The molecule has 3 N–H and O–H groups in total. The van der Waals surface area contributed by atoms with Crippen LogP contribution in [0.2, 0.25) is 0 Å². The molecule has 0 spiro atoms. The summed E-state index contributed by atoms with van der Waals surface area (Å²) in [4.78, 5) is 23.8. The van der Waals surface area contributed by atoms with Crippen LogP contribution in [0.3, 0.4) is 0 Å². The van der Waals surface area contributed by atoms with Gasteiger partial charge in [-0.15, -0.1) is 0 Å². The molecular weight excluding hydrogens is 418 g/mol. The molecule has 26 heavy (non-hydrogen) atoms. The van der Waals surface area contributed by atoms with Gasteiger partial charge in [-0.2, -0.15) is 0 Å². The smallest absolute Gasteiger partial charge is 0.259 e. The van der Waals surface area contributed by atoms with Crippen molar-refractivity contribution < 1.29 is 14.3 Å². The van der Waals surface area contributed by atoms with E-state index >= 15 is 0 Å². The third-order valence-corrected chi connectivity index (χ3v) is 4.08. The lowest BCUT2D eigenvalue weighted by atomic mass is 10.2. The van der Waals surface area contributed by atoms with Crippen LogP contribution >= 0.6 is 28.1 Å². The largest absolute Gasteiger partial charge is 0.496 e.